The number of H-pyrrole nitrogens is 1. The quantitative estimate of drug-likeness (QED) is 0.444. The van der Waals surface area contributed by atoms with Crippen LogP contribution in [-0.4, -0.2) is 26.5 Å². The van der Waals surface area contributed by atoms with E-state index in [0.717, 1.165) is 24.9 Å². The summed E-state index contributed by atoms with van der Waals surface area (Å²) in [6.45, 7) is 7.26. The van der Waals surface area contributed by atoms with E-state index in [-0.39, 0.29) is 11.1 Å². The maximum atomic E-state index is 13.6. The van der Waals surface area contributed by atoms with Crippen molar-refractivity contribution in [3.63, 3.8) is 0 Å². The number of nitrogens with zero attached hydrogens (tertiary/aromatic N) is 3. The highest BCUT2D eigenvalue weighted by molar-refractivity contribution is 5.91. The predicted molar refractivity (Wildman–Crippen MR) is 126 cm³/mol. The number of halogens is 3. The fourth-order valence-electron chi connectivity index (χ4n) is 3.59. The van der Waals surface area contributed by atoms with Crippen molar-refractivity contribution in [3.05, 3.63) is 52.4 Å². The molecule has 0 amide bonds. The van der Waals surface area contributed by atoms with E-state index in [1.807, 2.05) is 10.7 Å². The zero-order chi connectivity index (χ0) is 25.1. The minimum atomic E-state index is -4.42. The van der Waals surface area contributed by atoms with Crippen LogP contribution >= 0.6 is 0 Å². The third-order valence-corrected chi connectivity index (χ3v) is 5.21. The van der Waals surface area contributed by atoms with Crippen LogP contribution in [0.2, 0.25) is 0 Å². The molecule has 2 heterocycles. The number of benzene rings is 1. The fourth-order valence-corrected chi connectivity index (χ4v) is 3.59. The van der Waals surface area contributed by atoms with Gasteiger partial charge in [0.25, 0.3) is 5.56 Å². The molecule has 0 saturated heterocycles. The van der Waals surface area contributed by atoms with Gasteiger partial charge in [-0.05, 0) is 63.3 Å². The SMILES string of the molecule is CC#N.CC(C)(C)NC(c1ccc(Nc2nn(CC3CC3)c3cc[nH]c(=O)c23)cc1)C(F)(F)F. The van der Waals surface area contributed by atoms with Gasteiger partial charge in [-0.15, -0.1) is 0 Å². The standard InChI is InChI=1S/C22H26F3N5O.C2H3N/c1-21(2,3)28-18(22(23,24)25)14-6-8-15(9-7-14)27-19-17-16(10-11-26-20(17)31)30(29-19)12-13-4-5-13;1-2-3/h6-11,13,18,28H,4-5,12H2,1-3H3,(H,26,31)(H,27,29);1H3. The Hall–Kier alpha value is -3.32. The molecule has 1 atom stereocenters. The number of aromatic amines is 1. The second-order valence-electron chi connectivity index (χ2n) is 9.38. The van der Waals surface area contributed by atoms with Gasteiger partial charge in [-0.3, -0.25) is 14.8 Å². The van der Waals surface area contributed by atoms with Crippen LogP contribution in [0.5, 0.6) is 0 Å². The third-order valence-electron chi connectivity index (χ3n) is 5.21. The van der Waals surface area contributed by atoms with Crippen molar-refractivity contribution in [1.82, 2.24) is 20.1 Å². The molecular weight excluding hydrogens is 445 g/mol. The van der Waals surface area contributed by atoms with E-state index in [4.69, 9.17) is 5.26 Å². The summed E-state index contributed by atoms with van der Waals surface area (Å²) in [4.78, 5) is 15.1. The molecule has 1 saturated carbocycles. The summed E-state index contributed by atoms with van der Waals surface area (Å²) in [5.74, 6) is 0.967. The Kier molecular flexibility index (Phi) is 7.36. The molecule has 0 spiro atoms. The number of hydrogen-bond donors (Lipinski definition) is 3. The highest BCUT2D eigenvalue weighted by Gasteiger charge is 2.42. The molecule has 1 aliphatic carbocycles. The van der Waals surface area contributed by atoms with Crippen LogP contribution in [0.15, 0.2) is 41.3 Å². The zero-order valence-electron chi connectivity index (χ0n) is 19.6. The summed E-state index contributed by atoms with van der Waals surface area (Å²) in [5.41, 5.74) is 0.453. The number of anilines is 2. The molecule has 0 aliphatic heterocycles. The molecule has 3 aromatic rings. The molecular formula is C24H29F3N6O. The van der Waals surface area contributed by atoms with Crippen LogP contribution < -0.4 is 16.2 Å². The summed E-state index contributed by atoms with van der Waals surface area (Å²) in [6, 6.07) is 7.80. The molecule has 182 valence electrons. The topological polar surface area (TPSA) is 98.5 Å². The van der Waals surface area contributed by atoms with Gasteiger partial charge in [0.2, 0.25) is 0 Å². The summed E-state index contributed by atoms with van der Waals surface area (Å²) in [5, 5.41) is 18.1. The van der Waals surface area contributed by atoms with Gasteiger partial charge in [0, 0.05) is 30.9 Å². The Bertz CT molecular complexity index is 1210. The number of hydrogen-bond acceptors (Lipinski definition) is 5. The van der Waals surface area contributed by atoms with Gasteiger partial charge in [0.1, 0.15) is 11.4 Å². The highest BCUT2D eigenvalue weighted by Crippen LogP contribution is 2.35. The van der Waals surface area contributed by atoms with Gasteiger partial charge in [-0.2, -0.15) is 23.5 Å². The predicted octanol–water partition coefficient (Wildman–Crippen LogP) is 5.40. The normalized spacial score (nSPS) is 14.8. The zero-order valence-corrected chi connectivity index (χ0v) is 19.6. The van der Waals surface area contributed by atoms with E-state index in [1.54, 1.807) is 45.2 Å². The second kappa shape index (κ2) is 9.89. The molecule has 1 aromatic carbocycles. The lowest BCUT2D eigenvalue weighted by Gasteiger charge is -2.30. The summed E-state index contributed by atoms with van der Waals surface area (Å²) in [7, 11) is 0. The van der Waals surface area contributed by atoms with Crippen molar-refractivity contribution in [2.24, 2.45) is 5.92 Å². The van der Waals surface area contributed by atoms with Crippen molar-refractivity contribution < 1.29 is 13.2 Å². The minimum Gasteiger partial charge on any atom is -0.338 e. The van der Waals surface area contributed by atoms with E-state index >= 15 is 0 Å². The number of alkyl halides is 3. The fraction of sp³-hybridized carbons (Fsp3) is 0.458. The Morgan fingerprint density at radius 1 is 1.21 bits per heavy atom. The number of rotatable bonds is 6. The number of pyridine rings is 1. The average Bonchev–Trinajstić information content (AvgIpc) is 3.48. The molecule has 3 N–H and O–H groups in total. The largest absolute Gasteiger partial charge is 0.407 e. The van der Waals surface area contributed by atoms with Gasteiger partial charge in [0.05, 0.1) is 11.6 Å². The van der Waals surface area contributed by atoms with Gasteiger partial charge in [-0.1, -0.05) is 12.1 Å². The average molecular weight is 475 g/mol. The molecule has 4 rings (SSSR count). The summed E-state index contributed by atoms with van der Waals surface area (Å²) in [6.07, 6.45) is -0.531. The Labute approximate surface area is 196 Å². The molecule has 10 heteroatoms. The summed E-state index contributed by atoms with van der Waals surface area (Å²) < 4.78 is 42.6. The van der Waals surface area contributed by atoms with Gasteiger partial charge >= 0.3 is 6.18 Å². The molecule has 0 bridgehead atoms. The van der Waals surface area contributed by atoms with Crippen LogP contribution in [0.25, 0.3) is 10.9 Å². The van der Waals surface area contributed by atoms with Crippen molar-refractivity contribution in [3.8, 4) is 6.07 Å². The molecule has 0 radical (unpaired) electrons. The molecule has 1 unspecified atom stereocenters. The van der Waals surface area contributed by atoms with E-state index in [2.05, 4.69) is 20.7 Å². The molecule has 1 fully saturated rings. The van der Waals surface area contributed by atoms with Crippen LogP contribution in [0.3, 0.4) is 0 Å². The number of aromatic nitrogens is 3. The molecule has 7 nitrogen and oxygen atoms in total. The molecule has 1 aliphatic rings. The first kappa shape index (κ1) is 25.3. The van der Waals surface area contributed by atoms with Crippen molar-refractivity contribution in [2.45, 2.75) is 64.8 Å². The van der Waals surface area contributed by atoms with Crippen molar-refractivity contribution >= 4 is 22.4 Å². The first-order chi connectivity index (χ1) is 15.9. The van der Waals surface area contributed by atoms with Crippen molar-refractivity contribution in [1.29, 1.82) is 5.26 Å². The number of nitriles is 1. The smallest absolute Gasteiger partial charge is 0.338 e. The highest BCUT2D eigenvalue weighted by atomic mass is 19.4. The van der Waals surface area contributed by atoms with Gasteiger partial charge in [-0.25, -0.2) is 0 Å². The number of nitrogens with one attached hydrogen (secondary N) is 3. The van der Waals surface area contributed by atoms with Crippen LogP contribution in [0.4, 0.5) is 24.7 Å². The van der Waals surface area contributed by atoms with Crippen LogP contribution in [0.1, 0.15) is 52.1 Å². The Morgan fingerprint density at radius 3 is 2.35 bits per heavy atom. The maximum Gasteiger partial charge on any atom is 0.407 e. The molecule has 2 aromatic heterocycles. The van der Waals surface area contributed by atoms with Crippen LogP contribution in [0, 0.1) is 17.2 Å². The molecule has 34 heavy (non-hydrogen) atoms. The van der Waals surface area contributed by atoms with E-state index in [9.17, 15) is 18.0 Å². The van der Waals surface area contributed by atoms with E-state index < -0.39 is 17.8 Å². The minimum absolute atomic E-state index is 0.120. The first-order valence-corrected chi connectivity index (χ1v) is 11.0. The van der Waals surface area contributed by atoms with Gasteiger partial charge in [0.15, 0.2) is 5.82 Å². The Balaban J connectivity index is 0.00000103. The lowest BCUT2D eigenvalue weighted by atomic mass is 10.0. The Morgan fingerprint density at radius 2 is 1.82 bits per heavy atom. The lowest BCUT2D eigenvalue weighted by molar-refractivity contribution is -0.161. The van der Waals surface area contributed by atoms with Gasteiger partial charge < -0.3 is 10.3 Å². The maximum absolute atomic E-state index is 13.6. The third kappa shape index (κ3) is 6.38. The van der Waals surface area contributed by atoms with Crippen LogP contribution in [-0.2, 0) is 6.54 Å². The van der Waals surface area contributed by atoms with E-state index in [0.29, 0.717) is 22.8 Å². The second-order valence-corrected chi connectivity index (χ2v) is 9.38. The first-order valence-electron chi connectivity index (χ1n) is 11.0. The number of fused-ring (bicyclic) bond motifs is 1. The van der Waals surface area contributed by atoms with E-state index in [1.165, 1.54) is 19.1 Å². The monoisotopic (exact) mass is 474 g/mol. The van der Waals surface area contributed by atoms with Crippen molar-refractivity contribution in [2.75, 3.05) is 5.32 Å². The lowest BCUT2D eigenvalue weighted by Crippen LogP contribution is -2.45. The summed E-state index contributed by atoms with van der Waals surface area (Å²) >= 11 is 0.